The molecule has 1 amide bonds. The molecule has 2 aromatic carbocycles. The van der Waals surface area contributed by atoms with Crippen molar-refractivity contribution < 1.29 is 9.53 Å². The van der Waals surface area contributed by atoms with E-state index in [1.807, 2.05) is 42.1 Å². The van der Waals surface area contributed by atoms with E-state index in [1.165, 1.54) is 5.56 Å². The Morgan fingerprint density at radius 1 is 1.26 bits per heavy atom. The molecule has 1 atom stereocenters. The summed E-state index contributed by atoms with van der Waals surface area (Å²) in [7, 11) is 0. The van der Waals surface area contributed by atoms with Crippen molar-refractivity contribution in [3.05, 3.63) is 64.7 Å². The fourth-order valence-electron chi connectivity index (χ4n) is 2.49. The second-order valence-corrected chi connectivity index (χ2v) is 6.93. The van der Waals surface area contributed by atoms with Crippen LogP contribution in [0.15, 0.2) is 48.5 Å². The minimum absolute atomic E-state index is 0.0577. The van der Waals surface area contributed by atoms with Crippen molar-refractivity contribution in [1.29, 1.82) is 0 Å². The van der Waals surface area contributed by atoms with Crippen LogP contribution in [0, 0.1) is 0 Å². The molecule has 0 saturated heterocycles. The fourth-order valence-corrected chi connectivity index (χ4v) is 3.50. The van der Waals surface area contributed by atoms with E-state index >= 15 is 0 Å². The number of ether oxygens (including phenoxy) is 1. The van der Waals surface area contributed by atoms with Gasteiger partial charge in [-0.25, -0.2) is 0 Å². The number of rotatable bonds is 6. The highest BCUT2D eigenvalue weighted by atomic mass is 35.5. The predicted octanol–water partition coefficient (Wildman–Crippen LogP) is 3.69. The highest BCUT2D eigenvalue weighted by Crippen LogP contribution is 2.31. The van der Waals surface area contributed by atoms with E-state index in [2.05, 4.69) is 17.4 Å². The van der Waals surface area contributed by atoms with Gasteiger partial charge < -0.3 is 10.1 Å². The standard InChI is InChI=1S/C18H18ClNO2S/c19-15-6-7-16-14(10-15)11-17(22-16)18(21)20-8-9-23-12-13-4-2-1-3-5-13/h1-7,10,17H,8-9,11-12H2,(H,20,21)/t17-/m0/s1. The highest BCUT2D eigenvalue weighted by Gasteiger charge is 2.28. The number of benzene rings is 2. The van der Waals surface area contributed by atoms with Crippen molar-refractivity contribution in [3.63, 3.8) is 0 Å². The monoisotopic (exact) mass is 347 g/mol. The molecule has 0 bridgehead atoms. The van der Waals surface area contributed by atoms with Gasteiger partial charge in [-0.3, -0.25) is 4.79 Å². The number of nitrogens with one attached hydrogen (secondary N) is 1. The summed E-state index contributed by atoms with van der Waals surface area (Å²) in [4.78, 5) is 12.2. The number of fused-ring (bicyclic) bond motifs is 1. The molecule has 5 heteroatoms. The van der Waals surface area contributed by atoms with Crippen LogP contribution in [-0.4, -0.2) is 24.3 Å². The van der Waals surface area contributed by atoms with Crippen LogP contribution in [0.25, 0.3) is 0 Å². The minimum Gasteiger partial charge on any atom is -0.480 e. The third-order valence-electron chi connectivity index (χ3n) is 3.65. The van der Waals surface area contributed by atoms with Crippen LogP contribution in [0.4, 0.5) is 0 Å². The van der Waals surface area contributed by atoms with Gasteiger partial charge in [0, 0.05) is 29.5 Å². The smallest absolute Gasteiger partial charge is 0.261 e. The summed E-state index contributed by atoms with van der Waals surface area (Å²) in [6, 6.07) is 15.8. The highest BCUT2D eigenvalue weighted by molar-refractivity contribution is 7.98. The van der Waals surface area contributed by atoms with Gasteiger partial charge in [-0.05, 0) is 29.3 Å². The first kappa shape index (κ1) is 16.2. The van der Waals surface area contributed by atoms with Gasteiger partial charge in [-0.2, -0.15) is 11.8 Å². The summed E-state index contributed by atoms with van der Waals surface area (Å²) < 4.78 is 5.67. The zero-order valence-corrected chi connectivity index (χ0v) is 14.2. The van der Waals surface area contributed by atoms with Gasteiger partial charge in [0.1, 0.15) is 5.75 Å². The number of carbonyl (C=O) groups is 1. The molecule has 1 heterocycles. The molecular weight excluding hydrogens is 330 g/mol. The maximum Gasteiger partial charge on any atom is 0.261 e. The van der Waals surface area contributed by atoms with Crippen LogP contribution < -0.4 is 10.1 Å². The molecule has 1 aliphatic rings. The summed E-state index contributed by atoms with van der Waals surface area (Å²) in [5.74, 6) is 2.54. The SMILES string of the molecule is O=C(NCCSCc1ccccc1)[C@@H]1Cc2cc(Cl)ccc2O1. The minimum atomic E-state index is -0.442. The third-order valence-corrected chi connectivity index (χ3v) is 4.91. The summed E-state index contributed by atoms with van der Waals surface area (Å²) in [5.41, 5.74) is 2.30. The van der Waals surface area contributed by atoms with Crippen molar-refractivity contribution in [2.24, 2.45) is 0 Å². The molecule has 1 N–H and O–H groups in total. The van der Waals surface area contributed by atoms with E-state index in [1.54, 1.807) is 6.07 Å². The molecular formula is C18H18ClNO2S. The lowest BCUT2D eigenvalue weighted by Gasteiger charge is -2.11. The Hall–Kier alpha value is -1.65. The average molecular weight is 348 g/mol. The number of amides is 1. The van der Waals surface area contributed by atoms with Gasteiger partial charge in [0.2, 0.25) is 0 Å². The molecule has 23 heavy (non-hydrogen) atoms. The summed E-state index contributed by atoms with van der Waals surface area (Å²) in [6.45, 7) is 0.646. The van der Waals surface area contributed by atoms with Gasteiger partial charge in [-0.1, -0.05) is 41.9 Å². The predicted molar refractivity (Wildman–Crippen MR) is 95.2 cm³/mol. The lowest BCUT2D eigenvalue weighted by Crippen LogP contribution is -2.38. The number of hydrogen-bond donors (Lipinski definition) is 1. The quantitative estimate of drug-likeness (QED) is 0.810. The zero-order chi connectivity index (χ0) is 16.1. The van der Waals surface area contributed by atoms with Crippen LogP contribution in [0.5, 0.6) is 5.75 Å². The molecule has 0 radical (unpaired) electrons. The Morgan fingerprint density at radius 2 is 2.09 bits per heavy atom. The van der Waals surface area contributed by atoms with Crippen LogP contribution >= 0.6 is 23.4 Å². The van der Waals surface area contributed by atoms with Crippen LogP contribution in [0.3, 0.4) is 0 Å². The topological polar surface area (TPSA) is 38.3 Å². The van der Waals surface area contributed by atoms with E-state index in [0.29, 0.717) is 18.0 Å². The first-order valence-electron chi connectivity index (χ1n) is 7.57. The Bertz CT molecular complexity index is 678. The molecule has 3 rings (SSSR count). The van der Waals surface area contributed by atoms with Crippen LogP contribution in [0.1, 0.15) is 11.1 Å². The van der Waals surface area contributed by atoms with Gasteiger partial charge in [0.25, 0.3) is 5.91 Å². The fraction of sp³-hybridized carbons (Fsp3) is 0.278. The summed E-state index contributed by atoms with van der Waals surface area (Å²) in [5, 5.41) is 3.61. The largest absolute Gasteiger partial charge is 0.480 e. The second kappa shape index (κ2) is 7.75. The van der Waals surface area contributed by atoms with Gasteiger partial charge in [-0.15, -0.1) is 0 Å². The molecule has 0 aliphatic carbocycles. The van der Waals surface area contributed by atoms with E-state index in [4.69, 9.17) is 16.3 Å². The first-order valence-corrected chi connectivity index (χ1v) is 9.10. The van der Waals surface area contributed by atoms with Crippen LogP contribution in [-0.2, 0) is 17.0 Å². The van der Waals surface area contributed by atoms with Crippen molar-refractivity contribution in [3.8, 4) is 5.75 Å². The molecule has 2 aromatic rings. The lowest BCUT2D eigenvalue weighted by molar-refractivity contribution is -0.127. The molecule has 0 fully saturated rings. The number of carbonyl (C=O) groups excluding carboxylic acids is 1. The lowest BCUT2D eigenvalue weighted by atomic mass is 10.1. The van der Waals surface area contributed by atoms with Gasteiger partial charge in [0.05, 0.1) is 0 Å². The molecule has 3 nitrogen and oxygen atoms in total. The van der Waals surface area contributed by atoms with E-state index < -0.39 is 6.10 Å². The van der Waals surface area contributed by atoms with Crippen molar-refractivity contribution in [1.82, 2.24) is 5.32 Å². The van der Waals surface area contributed by atoms with E-state index in [9.17, 15) is 4.79 Å². The van der Waals surface area contributed by atoms with Gasteiger partial charge in [0.15, 0.2) is 6.10 Å². The Labute approximate surface area is 145 Å². The average Bonchev–Trinajstić information content (AvgIpc) is 2.98. The van der Waals surface area contributed by atoms with E-state index in [0.717, 1.165) is 22.8 Å². The van der Waals surface area contributed by atoms with Crippen molar-refractivity contribution in [2.45, 2.75) is 18.3 Å². The first-order chi connectivity index (χ1) is 11.2. The maximum absolute atomic E-state index is 12.2. The number of thioether (sulfide) groups is 1. The van der Waals surface area contributed by atoms with Crippen molar-refractivity contribution in [2.75, 3.05) is 12.3 Å². The molecule has 120 valence electrons. The van der Waals surface area contributed by atoms with Gasteiger partial charge >= 0.3 is 0 Å². The Kier molecular flexibility index (Phi) is 5.47. The third kappa shape index (κ3) is 4.43. The van der Waals surface area contributed by atoms with Crippen molar-refractivity contribution >= 4 is 29.3 Å². The van der Waals surface area contributed by atoms with E-state index in [-0.39, 0.29) is 5.91 Å². The second-order valence-electron chi connectivity index (χ2n) is 5.39. The molecule has 0 saturated carbocycles. The number of hydrogen-bond acceptors (Lipinski definition) is 3. The molecule has 0 aromatic heterocycles. The Balaban J connectivity index is 1.38. The van der Waals surface area contributed by atoms with Crippen LogP contribution in [0.2, 0.25) is 5.02 Å². The number of halogens is 1. The maximum atomic E-state index is 12.2. The summed E-state index contributed by atoms with van der Waals surface area (Å²) in [6.07, 6.45) is 0.140. The Morgan fingerprint density at radius 3 is 2.91 bits per heavy atom. The molecule has 0 spiro atoms. The molecule has 1 aliphatic heterocycles. The summed E-state index contributed by atoms with van der Waals surface area (Å²) >= 11 is 7.77. The normalized spacial score (nSPS) is 15.8. The molecule has 0 unspecified atom stereocenters. The zero-order valence-electron chi connectivity index (χ0n) is 12.6.